The van der Waals surface area contributed by atoms with Crippen molar-refractivity contribution in [1.29, 1.82) is 0 Å². The van der Waals surface area contributed by atoms with E-state index in [1.54, 1.807) is 18.9 Å². The van der Waals surface area contributed by atoms with Crippen molar-refractivity contribution in [2.75, 3.05) is 27.7 Å². The first kappa shape index (κ1) is 21.3. The van der Waals surface area contributed by atoms with Crippen molar-refractivity contribution in [3.8, 4) is 5.75 Å². The molecule has 5 heteroatoms. The van der Waals surface area contributed by atoms with Gasteiger partial charge in [0.25, 0.3) is 0 Å². The van der Waals surface area contributed by atoms with Crippen LogP contribution in [-0.4, -0.2) is 43.8 Å². The Bertz CT molecular complexity index is 714. The SMILES string of the molecule is CCc1ccc(C(CNC(=O)C(C)Sc2ccc(OC)cc2)N(C)C)cc1. The highest BCUT2D eigenvalue weighted by Crippen LogP contribution is 2.25. The molecule has 0 bridgehead atoms. The summed E-state index contributed by atoms with van der Waals surface area (Å²) in [7, 11) is 5.73. The molecule has 0 aliphatic rings. The number of carbonyl (C=O) groups excluding carboxylic acids is 1. The maximum Gasteiger partial charge on any atom is 0.233 e. The Morgan fingerprint density at radius 1 is 1.11 bits per heavy atom. The molecule has 0 saturated carbocycles. The van der Waals surface area contributed by atoms with E-state index in [1.807, 2.05) is 45.3 Å². The highest BCUT2D eigenvalue weighted by molar-refractivity contribution is 8.00. The van der Waals surface area contributed by atoms with Gasteiger partial charge in [0, 0.05) is 11.4 Å². The lowest BCUT2D eigenvalue weighted by atomic mass is 10.0. The van der Waals surface area contributed by atoms with Crippen molar-refractivity contribution in [2.45, 2.75) is 36.5 Å². The zero-order valence-electron chi connectivity index (χ0n) is 16.9. The van der Waals surface area contributed by atoms with Crippen LogP contribution in [0.1, 0.15) is 31.0 Å². The Hall–Kier alpha value is -1.98. The lowest BCUT2D eigenvalue weighted by molar-refractivity contribution is -0.120. The highest BCUT2D eigenvalue weighted by Gasteiger charge is 2.19. The zero-order valence-corrected chi connectivity index (χ0v) is 17.7. The number of hydrogen-bond donors (Lipinski definition) is 1. The molecule has 146 valence electrons. The highest BCUT2D eigenvalue weighted by atomic mass is 32.2. The molecule has 0 aliphatic heterocycles. The van der Waals surface area contributed by atoms with Crippen LogP contribution in [0.3, 0.4) is 0 Å². The smallest absolute Gasteiger partial charge is 0.233 e. The molecule has 2 atom stereocenters. The van der Waals surface area contributed by atoms with Gasteiger partial charge in [0.2, 0.25) is 5.91 Å². The third-order valence-electron chi connectivity index (χ3n) is 4.61. The van der Waals surface area contributed by atoms with Crippen LogP contribution >= 0.6 is 11.8 Å². The molecule has 0 fully saturated rings. The minimum absolute atomic E-state index is 0.0489. The van der Waals surface area contributed by atoms with Crippen molar-refractivity contribution >= 4 is 17.7 Å². The van der Waals surface area contributed by atoms with Gasteiger partial charge in [-0.15, -0.1) is 11.8 Å². The summed E-state index contributed by atoms with van der Waals surface area (Å²) in [5.74, 6) is 0.868. The van der Waals surface area contributed by atoms with Crippen molar-refractivity contribution in [3.63, 3.8) is 0 Å². The van der Waals surface area contributed by atoms with E-state index in [9.17, 15) is 4.79 Å². The largest absolute Gasteiger partial charge is 0.497 e. The van der Waals surface area contributed by atoms with Crippen molar-refractivity contribution in [3.05, 3.63) is 59.7 Å². The number of nitrogens with one attached hydrogen (secondary N) is 1. The molecule has 0 aromatic heterocycles. The molecule has 0 spiro atoms. The molecule has 0 aliphatic carbocycles. The summed E-state index contributed by atoms with van der Waals surface area (Å²) in [6.45, 7) is 4.68. The average Bonchev–Trinajstić information content (AvgIpc) is 2.68. The third-order valence-corrected chi connectivity index (χ3v) is 5.72. The fourth-order valence-electron chi connectivity index (χ4n) is 2.83. The number of aryl methyl sites for hydroxylation is 1. The summed E-state index contributed by atoms with van der Waals surface area (Å²) >= 11 is 1.55. The molecule has 1 amide bonds. The second-order valence-corrected chi connectivity index (χ2v) is 8.17. The average molecular weight is 387 g/mol. The molecule has 1 N–H and O–H groups in total. The monoisotopic (exact) mass is 386 g/mol. The number of rotatable bonds is 9. The van der Waals surface area contributed by atoms with Gasteiger partial charge >= 0.3 is 0 Å². The van der Waals surface area contributed by atoms with Crippen LogP contribution in [0.25, 0.3) is 0 Å². The first-order valence-electron chi connectivity index (χ1n) is 9.28. The van der Waals surface area contributed by atoms with Gasteiger partial charge in [0.15, 0.2) is 0 Å². The van der Waals surface area contributed by atoms with Crippen molar-refractivity contribution in [1.82, 2.24) is 10.2 Å². The maximum absolute atomic E-state index is 12.6. The molecule has 0 heterocycles. The Morgan fingerprint density at radius 3 is 2.26 bits per heavy atom. The first-order chi connectivity index (χ1) is 12.9. The minimum atomic E-state index is -0.163. The Morgan fingerprint density at radius 2 is 1.74 bits per heavy atom. The van der Waals surface area contributed by atoms with E-state index in [0.717, 1.165) is 17.1 Å². The van der Waals surface area contributed by atoms with Crippen molar-refractivity contribution < 1.29 is 9.53 Å². The van der Waals surface area contributed by atoms with E-state index in [0.29, 0.717) is 6.54 Å². The van der Waals surface area contributed by atoms with Crippen molar-refractivity contribution in [2.24, 2.45) is 0 Å². The molecule has 2 aromatic rings. The van der Waals surface area contributed by atoms with Crippen LogP contribution in [0.15, 0.2) is 53.4 Å². The van der Waals surface area contributed by atoms with E-state index < -0.39 is 0 Å². The number of carbonyl (C=O) groups is 1. The molecular weight excluding hydrogens is 356 g/mol. The standard InChI is InChI=1S/C22H30N2O2S/c1-6-17-7-9-18(10-8-17)21(24(3)4)15-23-22(25)16(2)27-20-13-11-19(26-5)12-14-20/h7-14,16,21H,6,15H2,1-5H3,(H,23,25). The fraction of sp³-hybridized carbons (Fsp3) is 0.409. The number of thioether (sulfide) groups is 1. The van der Waals surface area contributed by atoms with Gasteiger partial charge in [-0.05, 0) is 62.8 Å². The molecule has 0 saturated heterocycles. The predicted octanol–water partition coefficient (Wildman–Crippen LogP) is 4.16. The van der Waals surface area contributed by atoms with Gasteiger partial charge < -0.3 is 15.0 Å². The van der Waals surface area contributed by atoms with Gasteiger partial charge in [-0.25, -0.2) is 0 Å². The number of hydrogen-bond acceptors (Lipinski definition) is 4. The summed E-state index contributed by atoms with van der Waals surface area (Å²) in [5, 5.41) is 2.94. The van der Waals surface area contributed by atoms with Crippen LogP contribution < -0.4 is 10.1 Å². The normalized spacial score (nSPS) is 13.3. The number of likely N-dealkylation sites (N-methyl/N-ethyl adjacent to an activating group) is 1. The van der Waals surface area contributed by atoms with Gasteiger partial charge in [-0.2, -0.15) is 0 Å². The second-order valence-electron chi connectivity index (χ2n) is 6.76. The maximum atomic E-state index is 12.6. The zero-order chi connectivity index (χ0) is 19.8. The minimum Gasteiger partial charge on any atom is -0.497 e. The number of benzene rings is 2. The van der Waals surface area contributed by atoms with Crippen LogP contribution in [0.4, 0.5) is 0 Å². The van der Waals surface area contributed by atoms with Gasteiger partial charge in [-0.3, -0.25) is 4.79 Å². The molecule has 2 aromatic carbocycles. The van der Waals surface area contributed by atoms with Crippen LogP contribution in [0.5, 0.6) is 5.75 Å². The topological polar surface area (TPSA) is 41.6 Å². The lowest BCUT2D eigenvalue weighted by Gasteiger charge is -2.26. The summed E-state index contributed by atoms with van der Waals surface area (Å²) in [4.78, 5) is 15.7. The molecule has 2 rings (SSSR count). The lowest BCUT2D eigenvalue weighted by Crippen LogP contribution is -2.38. The summed E-state index contributed by atoms with van der Waals surface area (Å²) in [6.07, 6.45) is 1.03. The summed E-state index contributed by atoms with van der Waals surface area (Å²) < 4.78 is 5.17. The quantitative estimate of drug-likeness (QED) is 0.657. The molecule has 0 radical (unpaired) electrons. The van der Waals surface area contributed by atoms with E-state index in [1.165, 1.54) is 11.1 Å². The first-order valence-corrected chi connectivity index (χ1v) is 10.2. The van der Waals surface area contributed by atoms with E-state index >= 15 is 0 Å². The number of nitrogens with zero attached hydrogens (tertiary/aromatic N) is 1. The number of amides is 1. The number of ether oxygens (including phenoxy) is 1. The fourth-order valence-corrected chi connectivity index (χ4v) is 3.72. The van der Waals surface area contributed by atoms with Gasteiger partial charge in [0.1, 0.15) is 5.75 Å². The second kappa shape index (κ2) is 10.4. The Balaban J connectivity index is 1.93. The Labute approximate surface area is 167 Å². The van der Waals surface area contributed by atoms with Crippen LogP contribution in [0.2, 0.25) is 0 Å². The van der Waals surface area contributed by atoms with Gasteiger partial charge in [0.05, 0.1) is 18.4 Å². The third kappa shape index (κ3) is 6.29. The molecule has 2 unspecified atom stereocenters. The molecule has 27 heavy (non-hydrogen) atoms. The van der Waals surface area contributed by atoms with Crippen LogP contribution in [0, 0.1) is 0 Å². The Kier molecular flexibility index (Phi) is 8.20. The summed E-state index contributed by atoms with van der Waals surface area (Å²) in [5.41, 5.74) is 2.54. The van der Waals surface area contributed by atoms with E-state index in [-0.39, 0.29) is 17.2 Å². The molecular formula is C22H30N2O2S. The molecule has 4 nitrogen and oxygen atoms in total. The van der Waals surface area contributed by atoms with E-state index in [2.05, 4.69) is 41.4 Å². The number of methoxy groups -OCH3 is 1. The predicted molar refractivity (Wildman–Crippen MR) is 114 cm³/mol. The van der Waals surface area contributed by atoms with E-state index in [4.69, 9.17) is 4.74 Å². The summed E-state index contributed by atoms with van der Waals surface area (Å²) in [6, 6.07) is 16.6. The van der Waals surface area contributed by atoms with Crippen LogP contribution in [-0.2, 0) is 11.2 Å². The van der Waals surface area contributed by atoms with Gasteiger partial charge in [-0.1, -0.05) is 31.2 Å².